The lowest BCUT2D eigenvalue weighted by Crippen LogP contribution is -2.30. The third-order valence-electron chi connectivity index (χ3n) is 12.9. The van der Waals surface area contributed by atoms with Crippen LogP contribution in [0.5, 0.6) is 0 Å². The maximum Gasteiger partial charge on any atom is 0.472 e. The summed E-state index contributed by atoms with van der Waals surface area (Å²) in [6.07, 6.45) is 61.8. The first-order valence-electron chi connectivity index (χ1n) is 30.2. The van der Waals surface area contributed by atoms with Crippen molar-refractivity contribution in [2.45, 2.75) is 290 Å². The average Bonchev–Trinajstić information content (AvgIpc) is 3.39. The van der Waals surface area contributed by atoms with Gasteiger partial charge in [-0.05, 0) is 89.9 Å². The molecule has 0 spiro atoms. The number of aliphatic hydroxyl groups is 1. The fourth-order valence-electron chi connectivity index (χ4n) is 8.28. The first kappa shape index (κ1) is 71.2. The Morgan fingerprint density at radius 3 is 1.04 bits per heavy atom. The van der Waals surface area contributed by atoms with Gasteiger partial charge in [-0.2, -0.15) is 0 Å². The second-order valence-corrected chi connectivity index (χ2v) is 21.6. The van der Waals surface area contributed by atoms with Crippen molar-refractivity contribution < 1.29 is 52.2 Å². The second-order valence-electron chi connectivity index (χ2n) is 20.2. The van der Waals surface area contributed by atoms with E-state index < -0.39 is 57.8 Å². The van der Waals surface area contributed by atoms with Gasteiger partial charge >= 0.3 is 25.7 Å². The highest BCUT2D eigenvalue weighted by Gasteiger charge is 2.28. The molecule has 0 aliphatic heterocycles. The van der Waals surface area contributed by atoms with Gasteiger partial charge in [0.05, 0.1) is 19.8 Å². The second kappa shape index (κ2) is 56.4. The van der Waals surface area contributed by atoms with Gasteiger partial charge in [0.25, 0.3) is 0 Å². The maximum atomic E-state index is 12.9. The van der Waals surface area contributed by atoms with Gasteiger partial charge in [0.15, 0.2) is 6.10 Å². The average molecular weight is 1060 g/mol. The van der Waals surface area contributed by atoms with Crippen LogP contribution in [0, 0.1) is 0 Å². The van der Waals surface area contributed by atoms with E-state index in [1.54, 1.807) is 0 Å². The van der Waals surface area contributed by atoms with E-state index in [1.807, 2.05) is 0 Å². The van der Waals surface area contributed by atoms with Crippen LogP contribution in [0.2, 0.25) is 0 Å². The van der Waals surface area contributed by atoms with Crippen LogP contribution < -0.4 is 0 Å². The Morgan fingerprint density at radius 2 is 0.662 bits per heavy atom. The van der Waals surface area contributed by atoms with Gasteiger partial charge in [0, 0.05) is 19.3 Å². The Kier molecular flexibility index (Phi) is 54.2. The van der Waals surface area contributed by atoms with Crippen molar-refractivity contribution in [3.05, 3.63) is 60.8 Å². The van der Waals surface area contributed by atoms with Crippen LogP contribution in [-0.4, -0.2) is 66.5 Å². The quantitative estimate of drug-likeness (QED) is 0.0197. The lowest BCUT2D eigenvalue weighted by molar-refractivity contribution is -0.161. The van der Waals surface area contributed by atoms with Gasteiger partial charge in [-0.25, -0.2) is 4.57 Å². The van der Waals surface area contributed by atoms with Crippen LogP contribution in [0.15, 0.2) is 60.8 Å². The summed E-state index contributed by atoms with van der Waals surface area (Å²) >= 11 is 0. The Labute approximate surface area is 453 Å². The minimum Gasteiger partial charge on any atom is -0.462 e. The van der Waals surface area contributed by atoms with Crippen LogP contribution in [0.3, 0.4) is 0 Å². The molecule has 0 amide bonds. The molecule has 0 fully saturated rings. The molecule has 0 radical (unpaired) electrons. The molecule has 11 nitrogen and oxygen atoms in total. The lowest BCUT2D eigenvalue weighted by atomic mass is 10.1. The maximum absolute atomic E-state index is 12.9. The fraction of sp³-hybridized carbons (Fsp3) is 0.790. The highest BCUT2D eigenvalue weighted by molar-refractivity contribution is 7.47. The summed E-state index contributed by atoms with van der Waals surface area (Å²) in [5.74, 6) is -1.47. The van der Waals surface area contributed by atoms with Gasteiger partial charge < -0.3 is 24.2 Å². The summed E-state index contributed by atoms with van der Waals surface area (Å²) in [4.78, 5) is 48.5. The number of carbonyl (C=O) groups is 3. The van der Waals surface area contributed by atoms with Gasteiger partial charge in [-0.15, -0.1) is 0 Å². The predicted octanol–water partition coefficient (Wildman–Crippen LogP) is 17.9. The van der Waals surface area contributed by atoms with Crippen LogP contribution in [0.4, 0.5) is 0 Å². The Balaban J connectivity index is 4.71. The van der Waals surface area contributed by atoms with Gasteiger partial charge in [-0.3, -0.25) is 23.4 Å². The van der Waals surface area contributed by atoms with Crippen LogP contribution in [0.25, 0.3) is 0 Å². The number of hydrogen-bond donors (Lipinski definition) is 2. The van der Waals surface area contributed by atoms with E-state index in [1.165, 1.54) is 116 Å². The number of phosphoric ester groups is 1. The van der Waals surface area contributed by atoms with Crippen molar-refractivity contribution in [3.8, 4) is 0 Å². The summed E-state index contributed by atoms with van der Waals surface area (Å²) in [7, 11) is -4.75. The number of carbonyl (C=O) groups excluding carboxylic acids is 3. The molecule has 3 atom stereocenters. The molecule has 2 N–H and O–H groups in total. The standard InChI is InChI=1S/C62H111O11P/c1-4-7-10-13-16-19-21-23-25-27-29-31-33-35-37-40-42-45-48-51-60(64)69-55-59(57-71-74(67,68)70-56-58(54-63)72-61(65)52-49-46-43-39-18-15-12-9-6-3)73-62(66)53-50-47-44-41-38-36-34-32-30-28-26-24-22-20-17-14-11-8-5-2/h16-17,19-20,23-26,30,32,58-59,63H,4-15,18,21-22,27-29,31,33-57H2,1-3H3,(H,67,68)/b19-16-,20-17-,25-23-,26-24-,32-30-. The zero-order chi connectivity index (χ0) is 54.1. The number of allylic oxidation sites excluding steroid dienone is 10. The Morgan fingerprint density at radius 1 is 0.378 bits per heavy atom. The Hall–Kier alpha value is -2.82. The number of esters is 3. The number of phosphoric acid groups is 1. The van der Waals surface area contributed by atoms with Crippen molar-refractivity contribution in [1.29, 1.82) is 0 Å². The first-order chi connectivity index (χ1) is 36.2. The normalized spacial score (nSPS) is 13.7. The number of unbranched alkanes of at least 4 members (excludes halogenated alkanes) is 29. The van der Waals surface area contributed by atoms with Crippen molar-refractivity contribution in [2.24, 2.45) is 0 Å². The van der Waals surface area contributed by atoms with Crippen LogP contribution in [0.1, 0.15) is 278 Å². The molecule has 0 bridgehead atoms. The van der Waals surface area contributed by atoms with Crippen molar-refractivity contribution >= 4 is 25.7 Å². The Bertz CT molecular complexity index is 1470. The number of aliphatic hydroxyl groups excluding tert-OH is 1. The van der Waals surface area contributed by atoms with Crippen LogP contribution in [-0.2, 0) is 42.2 Å². The molecule has 430 valence electrons. The minimum atomic E-state index is -4.75. The molecule has 0 aliphatic carbocycles. The SMILES string of the molecule is CCCCC/C=C\C/C=C\C/C=C\CCCCCCCCC(=O)OC(COC(=O)CCCCCCCCCCC/C=C\C/C=C\CCCCC)COP(=O)(O)OCC(CO)OC(=O)CCCCCCCCCCC. The number of hydrogen-bond acceptors (Lipinski definition) is 10. The molecule has 0 aromatic carbocycles. The predicted molar refractivity (Wildman–Crippen MR) is 307 cm³/mol. The minimum absolute atomic E-state index is 0.153. The lowest BCUT2D eigenvalue weighted by Gasteiger charge is -2.21. The number of ether oxygens (including phenoxy) is 3. The third kappa shape index (κ3) is 54.0. The monoisotopic (exact) mass is 1060 g/mol. The largest absolute Gasteiger partial charge is 0.472 e. The molecule has 0 heterocycles. The molecule has 0 aromatic heterocycles. The topological polar surface area (TPSA) is 155 Å². The summed E-state index contributed by atoms with van der Waals surface area (Å²) in [6, 6.07) is 0. The van der Waals surface area contributed by atoms with E-state index in [0.717, 1.165) is 103 Å². The highest BCUT2D eigenvalue weighted by Crippen LogP contribution is 2.43. The summed E-state index contributed by atoms with van der Waals surface area (Å²) in [5.41, 5.74) is 0. The third-order valence-corrected chi connectivity index (χ3v) is 13.9. The summed E-state index contributed by atoms with van der Waals surface area (Å²) in [6.45, 7) is 4.57. The van der Waals surface area contributed by atoms with E-state index in [0.29, 0.717) is 19.3 Å². The zero-order valence-electron chi connectivity index (χ0n) is 47.6. The molecular formula is C62H111O11P. The molecule has 0 saturated heterocycles. The van der Waals surface area contributed by atoms with Crippen molar-refractivity contribution in [2.75, 3.05) is 26.4 Å². The smallest absolute Gasteiger partial charge is 0.462 e. The van der Waals surface area contributed by atoms with Gasteiger partial charge in [0.1, 0.15) is 12.7 Å². The van der Waals surface area contributed by atoms with Crippen molar-refractivity contribution in [3.63, 3.8) is 0 Å². The molecule has 3 unspecified atom stereocenters. The van der Waals surface area contributed by atoms with E-state index in [4.69, 9.17) is 23.3 Å². The summed E-state index contributed by atoms with van der Waals surface area (Å²) < 4.78 is 39.5. The first-order valence-corrected chi connectivity index (χ1v) is 31.7. The van der Waals surface area contributed by atoms with Gasteiger partial charge in [0.2, 0.25) is 0 Å². The van der Waals surface area contributed by atoms with E-state index in [9.17, 15) is 28.9 Å². The number of rotatable bonds is 56. The molecule has 12 heteroatoms. The molecular weight excluding hydrogens is 952 g/mol. The zero-order valence-corrected chi connectivity index (χ0v) is 48.5. The molecule has 0 rings (SSSR count). The van der Waals surface area contributed by atoms with E-state index >= 15 is 0 Å². The van der Waals surface area contributed by atoms with E-state index in [2.05, 4.69) is 81.5 Å². The van der Waals surface area contributed by atoms with Crippen molar-refractivity contribution in [1.82, 2.24) is 0 Å². The van der Waals surface area contributed by atoms with Gasteiger partial charge in [-0.1, -0.05) is 229 Å². The van der Waals surface area contributed by atoms with Crippen LogP contribution >= 0.6 is 7.82 Å². The molecule has 0 aromatic rings. The molecule has 0 saturated carbocycles. The summed E-state index contributed by atoms with van der Waals surface area (Å²) in [5, 5.41) is 9.78. The molecule has 0 aliphatic rings. The fourth-order valence-corrected chi connectivity index (χ4v) is 9.06. The highest BCUT2D eigenvalue weighted by atomic mass is 31.2. The van der Waals surface area contributed by atoms with E-state index in [-0.39, 0.29) is 25.9 Å². The molecule has 74 heavy (non-hydrogen) atoms.